The highest BCUT2D eigenvalue weighted by Gasteiger charge is 2.46. The Morgan fingerprint density at radius 3 is 2.56 bits per heavy atom. The second-order valence-electron chi connectivity index (χ2n) is 10.6. The van der Waals surface area contributed by atoms with Crippen LogP contribution in [0.15, 0.2) is 41.7 Å². The van der Waals surface area contributed by atoms with Crippen LogP contribution >= 0.6 is 0 Å². The lowest BCUT2D eigenvalue weighted by molar-refractivity contribution is -0.117. The molecule has 1 unspecified atom stereocenters. The van der Waals surface area contributed by atoms with Gasteiger partial charge in [-0.1, -0.05) is 0 Å². The molecule has 2 fully saturated rings. The van der Waals surface area contributed by atoms with Crippen LogP contribution in [0.5, 0.6) is 0 Å². The van der Waals surface area contributed by atoms with E-state index >= 15 is 0 Å². The van der Waals surface area contributed by atoms with Crippen molar-refractivity contribution < 1.29 is 13.2 Å². The number of aromatic nitrogens is 6. The number of aryl methyl sites for hydroxylation is 2. The van der Waals surface area contributed by atoms with Crippen molar-refractivity contribution in [2.24, 2.45) is 5.92 Å². The van der Waals surface area contributed by atoms with Gasteiger partial charge in [0.1, 0.15) is 28.2 Å². The van der Waals surface area contributed by atoms with E-state index in [1.54, 1.807) is 29.7 Å². The quantitative estimate of drug-likeness (QED) is 0.338. The Morgan fingerprint density at radius 2 is 1.85 bits per heavy atom. The van der Waals surface area contributed by atoms with Crippen LogP contribution < -0.4 is 10.6 Å². The lowest BCUT2D eigenvalue weighted by Crippen LogP contribution is -2.17. The summed E-state index contributed by atoms with van der Waals surface area (Å²) in [7, 11) is -3.45. The molecule has 4 aromatic heterocycles. The normalized spacial score (nSPS) is 19.6. The number of carbonyl (C=O) groups is 1. The standard InChI is InChI=1S/C27H30N8O3S/c1-14-7-8-28-25(29-14)19-10-20(19)27(36)34-24-11-23(31-16(3)32-24)30-15(2)21-13-35-12-18(17-5-6-17)9-22(26(35)33-21)39(4,37)38/h7-9,11-13,15,17,19-20H,5-6,10H2,1-4H3,(H2,30,31,32,34,36)/t15?,19-,20-/m0/s1. The minimum absolute atomic E-state index is 0.0118. The van der Waals surface area contributed by atoms with Crippen molar-refractivity contribution in [3.63, 3.8) is 0 Å². The first kappa shape index (κ1) is 25.4. The number of nitrogens with zero attached hydrogens (tertiary/aromatic N) is 6. The zero-order valence-electron chi connectivity index (χ0n) is 22.2. The van der Waals surface area contributed by atoms with Crippen molar-refractivity contribution in [1.29, 1.82) is 0 Å². The van der Waals surface area contributed by atoms with Crippen LogP contribution in [0.1, 0.15) is 72.7 Å². The molecule has 0 spiro atoms. The van der Waals surface area contributed by atoms with Gasteiger partial charge in [0.25, 0.3) is 0 Å². The summed E-state index contributed by atoms with van der Waals surface area (Å²) in [4.78, 5) is 35.4. The van der Waals surface area contributed by atoms with E-state index in [1.165, 1.54) is 6.26 Å². The number of nitrogens with one attached hydrogen (secondary N) is 2. The molecule has 2 aliphatic carbocycles. The van der Waals surface area contributed by atoms with E-state index in [1.807, 2.05) is 32.3 Å². The van der Waals surface area contributed by atoms with E-state index in [-0.39, 0.29) is 28.7 Å². The second kappa shape index (κ2) is 9.37. The number of sulfone groups is 1. The Morgan fingerprint density at radius 1 is 1.08 bits per heavy atom. The number of amides is 1. The maximum Gasteiger partial charge on any atom is 0.229 e. The molecule has 2 saturated carbocycles. The van der Waals surface area contributed by atoms with E-state index < -0.39 is 9.84 Å². The third-order valence-electron chi connectivity index (χ3n) is 7.18. The molecule has 0 saturated heterocycles. The third-order valence-corrected chi connectivity index (χ3v) is 8.27. The van der Waals surface area contributed by atoms with Crippen molar-refractivity contribution in [3.05, 3.63) is 65.4 Å². The smallest absolute Gasteiger partial charge is 0.229 e. The Balaban J connectivity index is 1.19. The van der Waals surface area contributed by atoms with E-state index in [9.17, 15) is 13.2 Å². The molecule has 11 nitrogen and oxygen atoms in total. The van der Waals surface area contributed by atoms with Gasteiger partial charge in [-0.3, -0.25) is 4.79 Å². The van der Waals surface area contributed by atoms with E-state index in [0.29, 0.717) is 47.0 Å². The summed E-state index contributed by atoms with van der Waals surface area (Å²) in [5.74, 6) is 2.23. The molecule has 0 radical (unpaired) electrons. The third kappa shape index (κ3) is 5.33. The molecular weight excluding hydrogens is 516 g/mol. The lowest BCUT2D eigenvalue weighted by atomic mass is 10.2. The predicted molar refractivity (Wildman–Crippen MR) is 145 cm³/mol. The highest BCUT2D eigenvalue weighted by molar-refractivity contribution is 7.91. The first-order valence-corrected chi connectivity index (χ1v) is 14.9. The van der Waals surface area contributed by atoms with E-state index in [0.717, 1.165) is 24.1 Å². The molecule has 3 atom stereocenters. The van der Waals surface area contributed by atoms with Gasteiger partial charge >= 0.3 is 0 Å². The molecule has 6 rings (SSSR count). The number of pyridine rings is 1. The fourth-order valence-electron chi connectivity index (χ4n) is 4.87. The van der Waals surface area contributed by atoms with Crippen LogP contribution in [0.3, 0.4) is 0 Å². The van der Waals surface area contributed by atoms with Crippen molar-refractivity contribution in [3.8, 4) is 0 Å². The van der Waals surface area contributed by atoms with Gasteiger partial charge in [0.2, 0.25) is 5.91 Å². The Kier molecular flexibility index (Phi) is 6.09. The van der Waals surface area contributed by atoms with Gasteiger partial charge in [-0.15, -0.1) is 0 Å². The van der Waals surface area contributed by atoms with E-state index in [4.69, 9.17) is 0 Å². The highest BCUT2D eigenvalue weighted by Crippen LogP contribution is 2.46. The van der Waals surface area contributed by atoms with Crippen LogP contribution in [0, 0.1) is 19.8 Å². The average molecular weight is 547 g/mol. The maximum absolute atomic E-state index is 12.9. The summed E-state index contributed by atoms with van der Waals surface area (Å²) >= 11 is 0. The molecular formula is C27H30N8O3S. The van der Waals surface area contributed by atoms with Gasteiger partial charge in [-0.2, -0.15) is 0 Å². The van der Waals surface area contributed by atoms with Gasteiger partial charge < -0.3 is 15.0 Å². The lowest BCUT2D eigenvalue weighted by Gasteiger charge is -2.14. The summed E-state index contributed by atoms with van der Waals surface area (Å²) in [5.41, 5.74) is 2.98. The molecule has 1 amide bonds. The van der Waals surface area contributed by atoms with Crippen molar-refractivity contribution in [1.82, 2.24) is 29.3 Å². The van der Waals surface area contributed by atoms with Crippen molar-refractivity contribution in [2.45, 2.75) is 62.8 Å². The molecule has 2 N–H and O–H groups in total. The Hall–Kier alpha value is -3.93. The van der Waals surface area contributed by atoms with Gasteiger partial charge in [-0.25, -0.2) is 33.3 Å². The SMILES string of the molecule is Cc1ccnc([C@H]2C[C@@H]2C(=O)Nc2cc(NC(C)c3cn4cc(C5CC5)cc(S(C)(=O)=O)c4n3)nc(C)n2)n1. The van der Waals surface area contributed by atoms with Crippen LogP contribution in [-0.4, -0.2) is 49.9 Å². The number of rotatable bonds is 8. The van der Waals surface area contributed by atoms with Gasteiger partial charge in [0, 0.05) is 48.4 Å². The fraction of sp³-hybridized carbons (Fsp3) is 0.407. The van der Waals surface area contributed by atoms with Gasteiger partial charge in [-0.05, 0) is 63.6 Å². The molecule has 202 valence electrons. The number of imidazole rings is 1. The largest absolute Gasteiger partial charge is 0.362 e. The van der Waals surface area contributed by atoms with Gasteiger partial charge in [0.15, 0.2) is 15.5 Å². The summed E-state index contributed by atoms with van der Waals surface area (Å²) in [5, 5.41) is 6.23. The number of carbonyl (C=O) groups excluding carboxylic acids is 1. The summed E-state index contributed by atoms with van der Waals surface area (Å²) in [6, 6.07) is 4.99. The minimum Gasteiger partial charge on any atom is -0.362 e. The highest BCUT2D eigenvalue weighted by atomic mass is 32.2. The topological polar surface area (TPSA) is 144 Å². The van der Waals surface area contributed by atoms with Crippen LogP contribution in [0.2, 0.25) is 0 Å². The van der Waals surface area contributed by atoms with Gasteiger partial charge in [0.05, 0.1) is 11.7 Å². The van der Waals surface area contributed by atoms with Crippen LogP contribution in [-0.2, 0) is 14.6 Å². The number of fused-ring (bicyclic) bond motifs is 1. The molecule has 4 heterocycles. The molecule has 12 heteroatoms. The zero-order valence-corrected chi connectivity index (χ0v) is 23.0. The monoisotopic (exact) mass is 546 g/mol. The summed E-state index contributed by atoms with van der Waals surface area (Å²) < 4.78 is 26.8. The number of hydrogen-bond donors (Lipinski definition) is 2. The Labute approximate surface area is 226 Å². The molecule has 0 aromatic carbocycles. The molecule has 4 aromatic rings. The minimum atomic E-state index is -3.45. The first-order valence-electron chi connectivity index (χ1n) is 13.0. The Bertz CT molecular complexity index is 1710. The maximum atomic E-state index is 12.9. The molecule has 0 aliphatic heterocycles. The molecule has 0 bridgehead atoms. The summed E-state index contributed by atoms with van der Waals surface area (Å²) in [6.45, 7) is 5.59. The molecule has 2 aliphatic rings. The van der Waals surface area contributed by atoms with Crippen LogP contribution in [0.25, 0.3) is 5.65 Å². The van der Waals surface area contributed by atoms with Crippen molar-refractivity contribution in [2.75, 3.05) is 16.9 Å². The average Bonchev–Trinajstić information content (AvgIpc) is 3.78. The first-order chi connectivity index (χ1) is 18.5. The van der Waals surface area contributed by atoms with Crippen molar-refractivity contribution >= 4 is 33.0 Å². The number of anilines is 2. The summed E-state index contributed by atoms with van der Waals surface area (Å²) in [6.07, 6.45) is 9.60. The zero-order chi connectivity index (χ0) is 27.5. The van der Waals surface area contributed by atoms with Crippen LogP contribution in [0.4, 0.5) is 11.6 Å². The van der Waals surface area contributed by atoms with E-state index in [2.05, 4.69) is 35.6 Å². The second-order valence-corrected chi connectivity index (χ2v) is 12.6. The molecule has 39 heavy (non-hydrogen) atoms. The predicted octanol–water partition coefficient (Wildman–Crippen LogP) is 3.73. The fourth-order valence-corrected chi connectivity index (χ4v) is 5.70. The number of hydrogen-bond acceptors (Lipinski definition) is 9.